The van der Waals surface area contributed by atoms with E-state index in [1.807, 2.05) is 0 Å². The van der Waals surface area contributed by atoms with Crippen LogP contribution in [0, 0.1) is 12.7 Å². The van der Waals surface area contributed by atoms with Gasteiger partial charge in [0.15, 0.2) is 0 Å². The third kappa shape index (κ3) is 2.86. The zero-order valence-corrected chi connectivity index (χ0v) is 12.1. The molecule has 0 saturated carbocycles. The highest BCUT2D eigenvalue weighted by atomic mass is 35.5. The van der Waals surface area contributed by atoms with Gasteiger partial charge in [-0.2, -0.15) is 0 Å². The second-order valence-corrected chi connectivity index (χ2v) is 6.26. The zero-order chi connectivity index (χ0) is 14.9. The van der Waals surface area contributed by atoms with E-state index in [2.05, 4.69) is 4.72 Å². The fourth-order valence-corrected chi connectivity index (χ4v) is 3.09. The summed E-state index contributed by atoms with van der Waals surface area (Å²) in [6, 6.07) is 7.97. The van der Waals surface area contributed by atoms with Crippen LogP contribution in [0.4, 0.5) is 15.8 Å². The van der Waals surface area contributed by atoms with Crippen molar-refractivity contribution in [2.75, 3.05) is 10.5 Å². The van der Waals surface area contributed by atoms with Gasteiger partial charge >= 0.3 is 0 Å². The highest BCUT2D eigenvalue weighted by Gasteiger charge is 2.19. The lowest BCUT2D eigenvalue weighted by Gasteiger charge is -2.12. The maximum atomic E-state index is 13.0. The van der Waals surface area contributed by atoms with Gasteiger partial charge in [0.05, 0.1) is 11.4 Å². The molecule has 2 aromatic carbocycles. The van der Waals surface area contributed by atoms with Crippen LogP contribution in [0.5, 0.6) is 0 Å². The molecule has 0 fully saturated rings. The van der Waals surface area contributed by atoms with Crippen molar-refractivity contribution in [1.82, 2.24) is 0 Å². The van der Waals surface area contributed by atoms with Gasteiger partial charge < -0.3 is 5.73 Å². The van der Waals surface area contributed by atoms with E-state index in [0.29, 0.717) is 16.3 Å². The molecule has 0 saturated heterocycles. The first-order valence-electron chi connectivity index (χ1n) is 5.64. The number of nitrogens with two attached hydrogens (primary N) is 1. The molecular formula is C13H12ClFN2O2S. The molecule has 7 heteroatoms. The summed E-state index contributed by atoms with van der Waals surface area (Å²) >= 11 is 5.93. The van der Waals surface area contributed by atoms with Gasteiger partial charge in [0, 0.05) is 5.02 Å². The number of hydrogen-bond acceptors (Lipinski definition) is 3. The van der Waals surface area contributed by atoms with Gasteiger partial charge in [0.25, 0.3) is 10.0 Å². The van der Waals surface area contributed by atoms with E-state index in [4.69, 9.17) is 17.3 Å². The zero-order valence-electron chi connectivity index (χ0n) is 10.5. The molecule has 0 atom stereocenters. The highest BCUT2D eigenvalue weighted by Crippen LogP contribution is 2.27. The van der Waals surface area contributed by atoms with Crippen LogP contribution >= 0.6 is 11.6 Å². The van der Waals surface area contributed by atoms with Gasteiger partial charge in [-0.25, -0.2) is 12.8 Å². The first-order chi connectivity index (χ1) is 9.31. The summed E-state index contributed by atoms with van der Waals surface area (Å²) in [5.74, 6) is -0.597. The molecule has 0 unspecified atom stereocenters. The lowest BCUT2D eigenvalue weighted by Crippen LogP contribution is -2.15. The highest BCUT2D eigenvalue weighted by molar-refractivity contribution is 7.92. The molecule has 0 aliphatic carbocycles. The first-order valence-corrected chi connectivity index (χ1v) is 7.50. The Morgan fingerprint density at radius 2 is 1.95 bits per heavy atom. The fraction of sp³-hybridized carbons (Fsp3) is 0.0769. The normalized spacial score (nSPS) is 11.3. The lowest BCUT2D eigenvalue weighted by molar-refractivity contribution is 0.600. The van der Waals surface area contributed by atoms with Crippen molar-refractivity contribution in [3.05, 3.63) is 52.8 Å². The van der Waals surface area contributed by atoms with E-state index < -0.39 is 15.8 Å². The van der Waals surface area contributed by atoms with Gasteiger partial charge in [0.1, 0.15) is 10.7 Å². The molecule has 4 nitrogen and oxygen atoms in total. The van der Waals surface area contributed by atoms with Crippen LogP contribution in [-0.2, 0) is 10.0 Å². The Labute approximate surface area is 121 Å². The monoisotopic (exact) mass is 314 g/mol. The number of rotatable bonds is 3. The molecular weight excluding hydrogens is 303 g/mol. The number of benzene rings is 2. The molecule has 0 bridgehead atoms. The third-order valence-corrected chi connectivity index (χ3v) is 4.62. The molecule has 3 N–H and O–H groups in total. The molecule has 0 radical (unpaired) electrons. The number of sulfonamides is 1. The number of nitrogens with one attached hydrogen (secondary N) is 1. The molecule has 0 aromatic heterocycles. The molecule has 2 aromatic rings. The molecule has 0 aliphatic rings. The largest absolute Gasteiger partial charge is 0.398 e. The summed E-state index contributed by atoms with van der Waals surface area (Å²) in [5, 5.41) is 0.442. The Morgan fingerprint density at radius 3 is 2.60 bits per heavy atom. The molecule has 0 aliphatic heterocycles. The second-order valence-electron chi connectivity index (χ2n) is 4.20. The molecule has 106 valence electrons. The number of halogens is 2. The summed E-state index contributed by atoms with van der Waals surface area (Å²) < 4.78 is 39.8. The Balaban J connectivity index is 2.44. The number of anilines is 2. The number of hydrogen-bond donors (Lipinski definition) is 2. The minimum Gasteiger partial charge on any atom is -0.398 e. The summed E-state index contributed by atoms with van der Waals surface area (Å²) in [5.41, 5.74) is 6.33. The smallest absolute Gasteiger partial charge is 0.263 e. The topological polar surface area (TPSA) is 72.2 Å². The summed E-state index contributed by atoms with van der Waals surface area (Å²) in [6.45, 7) is 1.69. The van der Waals surface area contributed by atoms with Crippen molar-refractivity contribution < 1.29 is 12.8 Å². The van der Waals surface area contributed by atoms with Crippen LogP contribution in [0.1, 0.15) is 5.56 Å². The maximum absolute atomic E-state index is 13.0. The van der Waals surface area contributed by atoms with E-state index in [1.54, 1.807) is 25.1 Å². The summed E-state index contributed by atoms with van der Waals surface area (Å²) in [6.07, 6.45) is 0. The summed E-state index contributed by atoms with van der Waals surface area (Å²) in [7, 11) is -3.90. The van der Waals surface area contributed by atoms with E-state index in [0.717, 1.165) is 18.2 Å². The van der Waals surface area contributed by atoms with Gasteiger partial charge in [-0.05, 0) is 42.8 Å². The molecule has 0 heterocycles. The van der Waals surface area contributed by atoms with Crippen LogP contribution in [0.2, 0.25) is 5.02 Å². The van der Waals surface area contributed by atoms with Crippen molar-refractivity contribution in [3.8, 4) is 0 Å². The van der Waals surface area contributed by atoms with Gasteiger partial charge in [-0.3, -0.25) is 4.72 Å². The van der Waals surface area contributed by atoms with E-state index in [1.165, 1.54) is 0 Å². The van der Waals surface area contributed by atoms with Crippen molar-refractivity contribution in [2.45, 2.75) is 11.8 Å². The molecule has 0 amide bonds. The van der Waals surface area contributed by atoms with E-state index >= 15 is 0 Å². The second kappa shape index (κ2) is 5.30. The Bertz CT molecular complexity index is 763. The van der Waals surface area contributed by atoms with Gasteiger partial charge in [-0.1, -0.05) is 17.7 Å². The Hall–Kier alpha value is -1.79. The first kappa shape index (κ1) is 14.6. The summed E-state index contributed by atoms with van der Waals surface area (Å²) in [4.78, 5) is -0.182. The fourth-order valence-electron chi connectivity index (χ4n) is 1.68. The van der Waals surface area contributed by atoms with Crippen LogP contribution < -0.4 is 10.5 Å². The van der Waals surface area contributed by atoms with Crippen LogP contribution in [0.3, 0.4) is 0 Å². The Kier molecular flexibility index (Phi) is 3.87. The van der Waals surface area contributed by atoms with Crippen LogP contribution in [0.25, 0.3) is 0 Å². The molecule has 20 heavy (non-hydrogen) atoms. The number of nitrogen functional groups attached to an aromatic ring is 1. The van der Waals surface area contributed by atoms with Crippen molar-refractivity contribution >= 4 is 33.0 Å². The van der Waals surface area contributed by atoms with Crippen molar-refractivity contribution in [3.63, 3.8) is 0 Å². The van der Waals surface area contributed by atoms with E-state index in [9.17, 15) is 12.8 Å². The average Bonchev–Trinajstić information content (AvgIpc) is 2.34. The molecule has 0 spiro atoms. The predicted molar refractivity (Wildman–Crippen MR) is 77.8 cm³/mol. The van der Waals surface area contributed by atoms with Gasteiger partial charge in [0.2, 0.25) is 0 Å². The molecule has 2 rings (SSSR count). The van der Waals surface area contributed by atoms with Crippen LogP contribution in [0.15, 0.2) is 41.3 Å². The minimum atomic E-state index is -3.90. The average molecular weight is 315 g/mol. The lowest BCUT2D eigenvalue weighted by atomic mass is 10.2. The predicted octanol–water partition coefficient (Wildman–Crippen LogP) is 3.17. The van der Waals surface area contributed by atoms with Crippen molar-refractivity contribution in [1.29, 1.82) is 0 Å². The van der Waals surface area contributed by atoms with Crippen LogP contribution in [-0.4, -0.2) is 8.42 Å². The maximum Gasteiger partial charge on any atom is 0.263 e. The third-order valence-electron chi connectivity index (χ3n) is 2.77. The SMILES string of the molecule is Cc1c(Cl)cccc1NS(=O)(=O)c1ccc(F)cc1N. The van der Waals surface area contributed by atoms with Crippen molar-refractivity contribution in [2.24, 2.45) is 0 Å². The standard InChI is InChI=1S/C13H12ClFN2O2S/c1-8-10(14)3-2-4-12(8)17-20(18,19)13-6-5-9(15)7-11(13)16/h2-7,17H,16H2,1H3. The van der Waals surface area contributed by atoms with E-state index in [-0.39, 0.29) is 10.6 Å². The van der Waals surface area contributed by atoms with Gasteiger partial charge in [-0.15, -0.1) is 0 Å². The quantitative estimate of drug-likeness (QED) is 0.855. The minimum absolute atomic E-state index is 0.155. The Morgan fingerprint density at radius 1 is 1.25 bits per heavy atom.